The Bertz CT molecular complexity index is 2420. The van der Waals surface area contributed by atoms with Gasteiger partial charge in [-0.05, 0) is 71.8 Å². The van der Waals surface area contributed by atoms with E-state index in [1.807, 2.05) is 20.8 Å². The first-order chi connectivity index (χ1) is 31.1. The fraction of sp³-hybridized carbons (Fsp3) is 0.317. The number of carbonyl (C=O) groups excluding carboxylic acids is 2. The van der Waals surface area contributed by atoms with E-state index < -0.39 is 51.2 Å². The lowest BCUT2D eigenvalue weighted by Crippen LogP contribution is -2.36. The fourth-order valence-electron chi connectivity index (χ4n) is 5.49. The molecule has 0 saturated heterocycles. The minimum atomic E-state index is -4.75. The van der Waals surface area contributed by atoms with Crippen molar-refractivity contribution in [3.63, 3.8) is 0 Å². The number of anilines is 1. The molecular formula is C41H47N7O16S. The van der Waals surface area contributed by atoms with E-state index in [-0.39, 0.29) is 90.8 Å². The molecule has 4 N–H and O–H groups in total. The first kappa shape index (κ1) is 49.4. The summed E-state index contributed by atoms with van der Waals surface area (Å²) in [7, 11) is -3.36. The molecule has 65 heavy (non-hydrogen) atoms. The van der Waals surface area contributed by atoms with Crippen molar-refractivity contribution in [2.75, 3.05) is 44.6 Å². The van der Waals surface area contributed by atoms with E-state index >= 15 is 0 Å². The van der Waals surface area contributed by atoms with E-state index in [0.29, 0.717) is 9.87 Å². The van der Waals surface area contributed by atoms with Crippen LogP contribution in [0.1, 0.15) is 55.1 Å². The molecule has 2 heterocycles. The van der Waals surface area contributed by atoms with Crippen LogP contribution >= 0.6 is 0 Å². The maximum Gasteiger partial charge on any atom is 0.510 e. The van der Waals surface area contributed by atoms with Gasteiger partial charge in [0.1, 0.15) is 13.2 Å². The van der Waals surface area contributed by atoms with Crippen LogP contribution in [-0.2, 0) is 45.9 Å². The lowest BCUT2D eigenvalue weighted by Gasteiger charge is -2.26. The average molecular weight is 926 g/mol. The van der Waals surface area contributed by atoms with Crippen molar-refractivity contribution in [2.45, 2.75) is 50.5 Å². The van der Waals surface area contributed by atoms with Gasteiger partial charge in [0.2, 0.25) is 11.6 Å². The van der Waals surface area contributed by atoms with Crippen LogP contribution in [-0.4, -0.2) is 112 Å². The maximum absolute atomic E-state index is 14.9. The third-order valence-corrected chi connectivity index (χ3v) is 10.5. The second kappa shape index (κ2) is 23.4. The summed E-state index contributed by atoms with van der Waals surface area (Å²) in [6.07, 6.45) is 1.99. The van der Waals surface area contributed by atoms with Gasteiger partial charge in [0.05, 0.1) is 48.2 Å². The van der Waals surface area contributed by atoms with Crippen molar-refractivity contribution in [3.05, 3.63) is 108 Å². The number of unbranched alkanes of at least 4 members (excludes halogenated alkanes) is 1. The van der Waals surface area contributed by atoms with E-state index in [1.165, 1.54) is 68.0 Å². The van der Waals surface area contributed by atoms with E-state index in [9.17, 15) is 18.0 Å². The molecule has 0 unspecified atom stereocenters. The predicted molar refractivity (Wildman–Crippen MR) is 221 cm³/mol. The van der Waals surface area contributed by atoms with Crippen LogP contribution in [0.25, 0.3) is 11.6 Å². The highest BCUT2D eigenvalue weighted by atomic mass is 32.2. The second-order valence-electron chi connectivity index (χ2n) is 14.3. The maximum atomic E-state index is 14.9. The van der Waals surface area contributed by atoms with Gasteiger partial charge >= 0.3 is 12.1 Å². The number of nitrogens with zero attached hydrogens (tertiary/aromatic N) is 7. The molecule has 0 radical (unpaired) electrons. The number of carbonyl (C=O) groups is 2. The summed E-state index contributed by atoms with van der Waals surface area (Å²) in [5, 5.41) is 34.1. The summed E-state index contributed by atoms with van der Waals surface area (Å²) in [6.45, 7) is 3.59. The molecule has 0 atom stereocenters. The molecule has 0 saturated carbocycles. The number of sulfonamides is 1. The van der Waals surface area contributed by atoms with Crippen molar-refractivity contribution >= 4 is 28.0 Å². The predicted octanol–water partition coefficient (Wildman–Crippen LogP) is 5.88. The minimum Gasteiger partial charge on any atom is -0.493 e. The van der Waals surface area contributed by atoms with Gasteiger partial charge in [-0.2, -0.15) is 4.98 Å². The Morgan fingerprint density at radius 2 is 1.37 bits per heavy atom. The van der Waals surface area contributed by atoms with Crippen molar-refractivity contribution in [3.8, 4) is 34.8 Å². The Kier molecular flexibility index (Phi) is 17.8. The standard InChI is InChI=1S/C41H47N7O16S/c1-41(2,3)30-16-18-31(19-17-30)65(55,56)46(27-61-40(50)60-22-7-8-23-62-47(51)52)37-34(64-33-11-6-5-10-32(33)57-4)38(45-36(44-37)35-42-20-9-21-43-35)58-24-25-59-39(49)29-14-12-28(13-15-29)26-63-48(53)54/h5-6,9-21,51-54H,7-8,22-27H2,1-4H3. The first-order valence-electron chi connectivity index (χ1n) is 19.5. The molecule has 5 rings (SSSR count). The summed E-state index contributed by atoms with van der Waals surface area (Å²) >= 11 is 0. The molecule has 0 amide bonds. The van der Waals surface area contributed by atoms with Crippen LogP contribution in [0.2, 0.25) is 0 Å². The van der Waals surface area contributed by atoms with Gasteiger partial charge < -0.3 is 28.4 Å². The quantitative estimate of drug-likeness (QED) is 0.0257. The summed E-state index contributed by atoms with van der Waals surface area (Å²) in [5.74, 6) is -2.13. The van der Waals surface area contributed by atoms with Gasteiger partial charge in [-0.3, -0.25) is 25.7 Å². The lowest BCUT2D eigenvalue weighted by atomic mass is 9.87. The zero-order chi connectivity index (χ0) is 47.0. The van der Waals surface area contributed by atoms with Crippen molar-refractivity contribution in [1.29, 1.82) is 0 Å². The molecule has 5 aromatic rings. The third kappa shape index (κ3) is 14.4. The van der Waals surface area contributed by atoms with E-state index in [4.69, 9.17) is 49.3 Å². The van der Waals surface area contributed by atoms with Gasteiger partial charge in [0.15, 0.2) is 29.9 Å². The molecule has 0 bridgehead atoms. The average Bonchev–Trinajstić information content (AvgIpc) is 3.29. The second-order valence-corrected chi connectivity index (χ2v) is 16.2. The lowest BCUT2D eigenvalue weighted by molar-refractivity contribution is -0.497. The Labute approximate surface area is 372 Å². The molecule has 0 aliphatic heterocycles. The number of hydrogen-bond donors (Lipinski definition) is 4. The van der Waals surface area contributed by atoms with Gasteiger partial charge in [0, 0.05) is 12.4 Å². The van der Waals surface area contributed by atoms with Gasteiger partial charge in [-0.15, -0.1) is 0 Å². The molecule has 0 aliphatic carbocycles. The zero-order valence-corrected chi connectivity index (χ0v) is 36.4. The fourth-order valence-corrected chi connectivity index (χ4v) is 6.76. The van der Waals surface area contributed by atoms with E-state index in [0.717, 1.165) is 5.56 Å². The molecule has 3 aromatic carbocycles. The third-order valence-electron chi connectivity index (χ3n) is 8.76. The molecule has 2 aromatic heterocycles. The van der Waals surface area contributed by atoms with E-state index in [2.05, 4.69) is 29.6 Å². The first-order valence-corrected chi connectivity index (χ1v) is 20.9. The number of esters is 1. The monoisotopic (exact) mass is 925 g/mol. The van der Waals surface area contributed by atoms with Gasteiger partial charge in [-0.25, -0.2) is 42.1 Å². The highest BCUT2D eigenvalue weighted by molar-refractivity contribution is 7.92. The Morgan fingerprint density at radius 3 is 2.02 bits per heavy atom. The molecular weight excluding hydrogens is 879 g/mol. The van der Waals surface area contributed by atoms with Crippen LogP contribution in [0.4, 0.5) is 10.6 Å². The SMILES string of the molecule is COc1ccccc1Oc1c(OCCOC(=O)c2ccc(CON(O)O)cc2)nc(-c2ncccn2)nc1N(COC(=O)OCCCCON(O)O)S(=O)(=O)c1ccc(C(C)(C)C)cc1. The van der Waals surface area contributed by atoms with Crippen LogP contribution in [0.3, 0.4) is 0 Å². The van der Waals surface area contributed by atoms with Crippen LogP contribution in [0.15, 0.2) is 96.2 Å². The topological polar surface area (TPSA) is 284 Å². The van der Waals surface area contributed by atoms with Crippen molar-refractivity contribution in [1.82, 2.24) is 30.7 Å². The molecule has 23 nitrogen and oxygen atoms in total. The van der Waals surface area contributed by atoms with Crippen LogP contribution in [0, 0.1) is 0 Å². The Morgan fingerprint density at radius 1 is 0.708 bits per heavy atom. The number of hydrogen-bond acceptors (Lipinski definition) is 22. The summed E-state index contributed by atoms with van der Waals surface area (Å²) in [5.41, 5.74) is 1.15. The number of methoxy groups -OCH3 is 1. The number of para-hydroxylation sites is 2. The van der Waals surface area contributed by atoms with Crippen LogP contribution < -0.4 is 18.5 Å². The largest absolute Gasteiger partial charge is 0.510 e. The van der Waals surface area contributed by atoms with E-state index in [1.54, 1.807) is 30.3 Å². The Balaban J connectivity index is 1.55. The highest BCUT2D eigenvalue weighted by Gasteiger charge is 2.35. The number of benzene rings is 3. The summed E-state index contributed by atoms with van der Waals surface area (Å²) in [6, 6.07) is 19.9. The Hall–Kier alpha value is -6.61. The minimum absolute atomic E-state index is 0.0565. The summed E-state index contributed by atoms with van der Waals surface area (Å²) in [4.78, 5) is 52.3. The molecule has 0 spiro atoms. The summed E-state index contributed by atoms with van der Waals surface area (Å²) < 4.78 is 64.3. The molecule has 348 valence electrons. The molecule has 24 heteroatoms. The smallest absolute Gasteiger partial charge is 0.493 e. The van der Waals surface area contributed by atoms with Crippen molar-refractivity contribution in [2.24, 2.45) is 0 Å². The molecule has 0 aliphatic rings. The number of rotatable bonds is 23. The molecule has 0 fully saturated rings. The van der Waals surface area contributed by atoms with Gasteiger partial charge in [-0.1, -0.05) is 57.2 Å². The van der Waals surface area contributed by atoms with Crippen LogP contribution in [0.5, 0.6) is 23.1 Å². The highest BCUT2D eigenvalue weighted by Crippen LogP contribution is 2.43. The van der Waals surface area contributed by atoms with Gasteiger partial charge in [0.25, 0.3) is 15.9 Å². The number of ether oxygens (including phenoxy) is 6. The number of aromatic nitrogens is 4. The van der Waals surface area contributed by atoms with Crippen molar-refractivity contribution < 1.29 is 76.9 Å². The zero-order valence-electron chi connectivity index (χ0n) is 35.5. The normalized spacial score (nSPS) is 11.6.